The molecule has 3 nitrogen and oxygen atoms in total. The summed E-state index contributed by atoms with van der Waals surface area (Å²) in [5.41, 5.74) is 1.58. The van der Waals surface area contributed by atoms with Crippen molar-refractivity contribution in [1.29, 1.82) is 0 Å². The molecule has 0 radical (unpaired) electrons. The molecule has 0 fully saturated rings. The van der Waals surface area contributed by atoms with Crippen LogP contribution in [0.2, 0.25) is 0 Å². The van der Waals surface area contributed by atoms with Gasteiger partial charge in [0.2, 0.25) is 0 Å². The van der Waals surface area contributed by atoms with Gasteiger partial charge in [-0.25, -0.2) is 4.79 Å². The monoisotopic (exact) mass is 358 g/mol. The number of aliphatic carboxylic acids is 1. The van der Waals surface area contributed by atoms with Crippen LogP contribution >= 0.6 is 0 Å². The molecule has 1 unspecified atom stereocenters. The van der Waals surface area contributed by atoms with Crippen molar-refractivity contribution < 1.29 is 15.0 Å². The van der Waals surface area contributed by atoms with Crippen LogP contribution in [0.3, 0.4) is 0 Å². The van der Waals surface area contributed by atoms with Gasteiger partial charge in [-0.15, -0.1) is 6.58 Å². The first-order valence-corrected chi connectivity index (χ1v) is 9.83. The first kappa shape index (κ1) is 22.2. The third-order valence-electron chi connectivity index (χ3n) is 4.87. The van der Waals surface area contributed by atoms with E-state index >= 15 is 0 Å². The summed E-state index contributed by atoms with van der Waals surface area (Å²) in [5, 5.41) is 19.5. The fourth-order valence-corrected chi connectivity index (χ4v) is 3.48. The lowest BCUT2D eigenvalue weighted by atomic mass is 9.90. The van der Waals surface area contributed by atoms with E-state index < -0.39 is 11.6 Å². The lowest BCUT2D eigenvalue weighted by Crippen LogP contribution is -2.26. The van der Waals surface area contributed by atoms with Crippen molar-refractivity contribution >= 4 is 5.97 Å². The maximum Gasteiger partial charge on any atom is 0.328 e. The number of allylic oxidation sites excluding steroid dienone is 5. The summed E-state index contributed by atoms with van der Waals surface area (Å²) in [4.78, 5) is 10.4. The second-order valence-corrected chi connectivity index (χ2v) is 7.00. The highest BCUT2D eigenvalue weighted by Crippen LogP contribution is 2.41. The molecule has 0 bridgehead atoms. The van der Waals surface area contributed by atoms with Crippen LogP contribution in [0, 0.1) is 0 Å². The maximum absolute atomic E-state index is 11.0. The van der Waals surface area contributed by atoms with Gasteiger partial charge in [0.1, 0.15) is 0 Å². The molecule has 144 valence electrons. The second-order valence-electron chi connectivity index (χ2n) is 7.00. The zero-order valence-corrected chi connectivity index (χ0v) is 16.1. The molecule has 1 aliphatic carbocycles. The SMILES string of the molecule is C=CCC1(O)CCC(CCCCCCCC)=C1C=CC=CC=CC(=O)O. The average molecular weight is 359 g/mol. The number of hydrogen-bond acceptors (Lipinski definition) is 2. The van der Waals surface area contributed by atoms with Gasteiger partial charge in [-0.3, -0.25) is 0 Å². The third kappa shape index (κ3) is 8.01. The second kappa shape index (κ2) is 12.5. The van der Waals surface area contributed by atoms with Gasteiger partial charge in [0.25, 0.3) is 0 Å². The van der Waals surface area contributed by atoms with Crippen LogP contribution in [-0.2, 0) is 4.79 Å². The van der Waals surface area contributed by atoms with Crippen LogP contribution in [0.25, 0.3) is 0 Å². The van der Waals surface area contributed by atoms with Crippen LogP contribution in [-0.4, -0.2) is 21.8 Å². The highest BCUT2D eigenvalue weighted by atomic mass is 16.4. The first-order chi connectivity index (χ1) is 12.5. The van der Waals surface area contributed by atoms with Crippen molar-refractivity contribution in [3.63, 3.8) is 0 Å². The van der Waals surface area contributed by atoms with Crippen molar-refractivity contribution in [1.82, 2.24) is 0 Å². The minimum absolute atomic E-state index is 0.565. The summed E-state index contributed by atoms with van der Waals surface area (Å²) in [7, 11) is 0. The number of unbranched alkanes of at least 4 members (excludes halogenated alkanes) is 5. The summed E-state index contributed by atoms with van der Waals surface area (Å²) >= 11 is 0. The minimum Gasteiger partial charge on any atom is -0.478 e. The van der Waals surface area contributed by atoms with E-state index in [1.54, 1.807) is 18.2 Å². The molecule has 1 atom stereocenters. The molecule has 2 N–H and O–H groups in total. The predicted octanol–water partition coefficient (Wildman–Crippen LogP) is 5.89. The van der Waals surface area contributed by atoms with Crippen molar-refractivity contribution in [2.45, 2.75) is 76.7 Å². The normalized spacial score (nSPS) is 20.8. The van der Waals surface area contributed by atoms with Gasteiger partial charge >= 0.3 is 5.97 Å². The standard InChI is InChI=1S/C23H34O3/c1-3-5-6-7-8-11-14-20-17-19-23(26,18-4-2)21(20)15-12-9-10-13-16-22(24)25/h4,9-10,12-13,15-16,26H,2-3,5-8,11,14,17-19H2,1H3,(H,24,25). The molecule has 1 aliphatic rings. The Bertz CT molecular complexity index is 566. The van der Waals surface area contributed by atoms with Crippen LogP contribution < -0.4 is 0 Å². The number of hydrogen-bond donors (Lipinski definition) is 2. The van der Waals surface area contributed by atoms with Gasteiger partial charge in [-0.05, 0) is 37.7 Å². The number of carboxylic acids is 1. The Kier molecular flexibility index (Phi) is 10.6. The molecule has 3 heteroatoms. The van der Waals surface area contributed by atoms with Gasteiger partial charge in [0.05, 0.1) is 5.60 Å². The molecule has 0 saturated heterocycles. The Morgan fingerprint density at radius 1 is 1.12 bits per heavy atom. The summed E-state index contributed by atoms with van der Waals surface area (Å²) in [6.45, 7) is 6.02. The molecule has 0 aliphatic heterocycles. The van der Waals surface area contributed by atoms with Crippen LogP contribution in [0.1, 0.15) is 71.1 Å². The molecule has 26 heavy (non-hydrogen) atoms. The third-order valence-corrected chi connectivity index (χ3v) is 4.87. The lowest BCUT2D eigenvalue weighted by molar-refractivity contribution is -0.131. The lowest BCUT2D eigenvalue weighted by Gasteiger charge is -2.23. The topological polar surface area (TPSA) is 57.5 Å². The zero-order valence-electron chi connectivity index (χ0n) is 16.1. The van der Waals surface area contributed by atoms with E-state index in [9.17, 15) is 9.90 Å². The van der Waals surface area contributed by atoms with Crippen molar-refractivity contribution in [2.75, 3.05) is 0 Å². The van der Waals surface area contributed by atoms with E-state index in [2.05, 4.69) is 13.5 Å². The van der Waals surface area contributed by atoms with Crippen molar-refractivity contribution in [3.05, 3.63) is 60.3 Å². The quantitative estimate of drug-likeness (QED) is 0.187. The number of rotatable bonds is 13. The van der Waals surface area contributed by atoms with Gasteiger partial charge in [0, 0.05) is 6.08 Å². The Morgan fingerprint density at radius 2 is 1.81 bits per heavy atom. The van der Waals surface area contributed by atoms with E-state index in [1.807, 2.05) is 12.2 Å². The molecule has 0 saturated carbocycles. The molecule has 0 aromatic heterocycles. The Labute approximate surface area is 158 Å². The van der Waals surface area contributed by atoms with Gasteiger partial charge in [-0.1, -0.05) is 81.1 Å². The molecule has 0 spiro atoms. The zero-order chi connectivity index (χ0) is 19.3. The van der Waals surface area contributed by atoms with E-state index in [1.165, 1.54) is 50.2 Å². The van der Waals surface area contributed by atoms with Gasteiger partial charge in [-0.2, -0.15) is 0 Å². The molecular formula is C23H34O3. The Balaban J connectivity index is 2.71. The summed E-state index contributed by atoms with van der Waals surface area (Å²) in [6.07, 6.45) is 22.6. The highest BCUT2D eigenvalue weighted by molar-refractivity contribution is 5.80. The van der Waals surface area contributed by atoms with Gasteiger partial charge in [0.15, 0.2) is 0 Å². The number of aliphatic hydroxyl groups is 1. The molecule has 0 amide bonds. The van der Waals surface area contributed by atoms with E-state index in [0.29, 0.717) is 6.42 Å². The minimum atomic E-state index is -0.960. The predicted molar refractivity (Wildman–Crippen MR) is 109 cm³/mol. The highest BCUT2D eigenvalue weighted by Gasteiger charge is 2.35. The van der Waals surface area contributed by atoms with Gasteiger partial charge < -0.3 is 10.2 Å². The average Bonchev–Trinajstić information content (AvgIpc) is 2.90. The summed E-state index contributed by atoms with van der Waals surface area (Å²) in [6, 6.07) is 0. The van der Waals surface area contributed by atoms with Crippen LogP contribution in [0.15, 0.2) is 60.3 Å². The van der Waals surface area contributed by atoms with Crippen LogP contribution in [0.5, 0.6) is 0 Å². The van der Waals surface area contributed by atoms with Crippen molar-refractivity contribution in [2.24, 2.45) is 0 Å². The van der Waals surface area contributed by atoms with Crippen molar-refractivity contribution in [3.8, 4) is 0 Å². The summed E-state index contributed by atoms with van der Waals surface area (Å²) < 4.78 is 0. The fraction of sp³-hybridized carbons (Fsp3) is 0.522. The fourth-order valence-electron chi connectivity index (χ4n) is 3.48. The number of carbonyl (C=O) groups is 1. The smallest absolute Gasteiger partial charge is 0.328 e. The molecule has 0 aromatic carbocycles. The largest absolute Gasteiger partial charge is 0.478 e. The molecule has 0 heterocycles. The first-order valence-electron chi connectivity index (χ1n) is 9.83. The van der Waals surface area contributed by atoms with E-state index in [0.717, 1.165) is 30.9 Å². The maximum atomic E-state index is 11.0. The van der Waals surface area contributed by atoms with Crippen LogP contribution in [0.4, 0.5) is 0 Å². The molecule has 0 aromatic rings. The molecule has 1 rings (SSSR count). The van der Waals surface area contributed by atoms with E-state index in [-0.39, 0.29) is 0 Å². The summed E-state index contributed by atoms with van der Waals surface area (Å²) in [5.74, 6) is -0.960. The Morgan fingerprint density at radius 3 is 2.50 bits per heavy atom. The molecular weight excluding hydrogens is 324 g/mol. The Hall–Kier alpha value is -1.87. The van der Waals surface area contributed by atoms with E-state index in [4.69, 9.17) is 5.11 Å². The number of carboxylic acid groups (broad SMARTS) is 1.